The molecule has 0 bridgehead atoms. The van der Waals surface area contributed by atoms with Gasteiger partial charge in [0.2, 0.25) is 0 Å². The molecule has 1 aromatic carbocycles. The summed E-state index contributed by atoms with van der Waals surface area (Å²) in [6, 6.07) is 6.40. The first-order valence-corrected chi connectivity index (χ1v) is 5.68. The van der Waals surface area contributed by atoms with E-state index >= 15 is 0 Å². The monoisotopic (exact) mass is 232 g/mol. The maximum Gasteiger partial charge on any atom is 0.254 e. The van der Waals surface area contributed by atoms with E-state index in [2.05, 4.69) is 0 Å². The maximum atomic E-state index is 12.1. The minimum absolute atomic E-state index is 0.222. The standard InChI is InChI=1S/C13H15NO3/c1-9-4-2-5-10(8-9)12(15)14-7-3-6-11(14)13(16)17/h2,4-5,8,11H,3,6-7H2,1H3,(H,16,17)/p-1/t11-/m1/s1. The van der Waals surface area contributed by atoms with Gasteiger partial charge in [0.1, 0.15) is 0 Å². The third-order valence-electron chi connectivity index (χ3n) is 3.05. The summed E-state index contributed by atoms with van der Waals surface area (Å²) in [6.45, 7) is 2.39. The van der Waals surface area contributed by atoms with Crippen molar-refractivity contribution in [3.8, 4) is 0 Å². The van der Waals surface area contributed by atoms with Gasteiger partial charge in [-0.15, -0.1) is 0 Å². The van der Waals surface area contributed by atoms with Crippen LogP contribution in [0.25, 0.3) is 0 Å². The topological polar surface area (TPSA) is 60.4 Å². The van der Waals surface area contributed by atoms with Gasteiger partial charge >= 0.3 is 0 Å². The maximum absolute atomic E-state index is 12.1. The molecule has 0 aromatic heterocycles. The minimum Gasteiger partial charge on any atom is -0.548 e. The molecule has 1 aliphatic rings. The number of aryl methyl sites for hydroxylation is 1. The lowest BCUT2D eigenvalue weighted by molar-refractivity contribution is -0.310. The molecule has 1 atom stereocenters. The van der Waals surface area contributed by atoms with Crippen molar-refractivity contribution in [3.63, 3.8) is 0 Å². The van der Waals surface area contributed by atoms with Gasteiger partial charge in [0.05, 0.1) is 12.0 Å². The summed E-state index contributed by atoms with van der Waals surface area (Å²) in [5.74, 6) is -1.39. The van der Waals surface area contributed by atoms with E-state index in [-0.39, 0.29) is 5.91 Å². The number of aliphatic carboxylic acids is 1. The summed E-state index contributed by atoms with van der Waals surface area (Å²) in [4.78, 5) is 24.5. The molecule has 1 heterocycles. The van der Waals surface area contributed by atoms with E-state index in [4.69, 9.17) is 0 Å². The van der Waals surface area contributed by atoms with E-state index in [0.717, 1.165) is 12.0 Å². The van der Waals surface area contributed by atoms with Crippen LogP contribution in [0.5, 0.6) is 0 Å². The second-order valence-electron chi connectivity index (χ2n) is 4.35. The van der Waals surface area contributed by atoms with Crippen molar-refractivity contribution in [2.75, 3.05) is 6.54 Å². The van der Waals surface area contributed by atoms with Crippen LogP contribution in [-0.2, 0) is 4.79 Å². The third kappa shape index (κ3) is 2.30. The average Bonchev–Trinajstić information content (AvgIpc) is 2.77. The molecule has 1 fully saturated rings. The zero-order chi connectivity index (χ0) is 12.4. The van der Waals surface area contributed by atoms with Gasteiger partial charge in [0.15, 0.2) is 0 Å². The molecule has 4 nitrogen and oxygen atoms in total. The number of hydrogen-bond donors (Lipinski definition) is 0. The molecule has 2 rings (SSSR count). The van der Waals surface area contributed by atoms with Crippen molar-refractivity contribution < 1.29 is 14.7 Å². The number of rotatable bonds is 2. The Morgan fingerprint density at radius 1 is 1.41 bits per heavy atom. The van der Waals surface area contributed by atoms with Crippen LogP contribution in [-0.4, -0.2) is 29.4 Å². The number of carbonyl (C=O) groups is 2. The molecule has 0 saturated carbocycles. The number of nitrogens with zero attached hydrogens (tertiary/aromatic N) is 1. The molecule has 1 saturated heterocycles. The van der Waals surface area contributed by atoms with Crippen molar-refractivity contribution in [3.05, 3.63) is 35.4 Å². The number of likely N-dealkylation sites (tertiary alicyclic amines) is 1. The number of carbonyl (C=O) groups excluding carboxylic acids is 2. The number of hydrogen-bond acceptors (Lipinski definition) is 3. The van der Waals surface area contributed by atoms with Crippen molar-refractivity contribution in [1.82, 2.24) is 4.90 Å². The number of carboxylic acid groups (broad SMARTS) is 1. The van der Waals surface area contributed by atoms with Gasteiger partial charge in [0.25, 0.3) is 5.91 Å². The van der Waals surface area contributed by atoms with Gasteiger partial charge in [-0.1, -0.05) is 17.7 Å². The lowest BCUT2D eigenvalue weighted by atomic mass is 10.1. The first kappa shape index (κ1) is 11.6. The zero-order valence-corrected chi connectivity index (χ0v) is 9.68. The Labute approximate surface area is 99.9 Å². The molecule has 0 aliphatic carbocycles. The second-order valence-corrected chi connectivity index (χ2v) is 4.35. The molecule has 0 spiro atoms. The Kier molecular flexibility index (Phi) is 3.13. The smallest absolute Gasteiger partial charge is 0.254 e. The number of amides is 1. The molecule has 0 N–H and O–H groups in total. The molecular weight excluding hydrogens is 218 g/mol. The predicted molar refractivity (Wildman–Crippen MR) is 60.2 cm³/mol. The summed E-state index contributed by atoms with van der Waals surface area (Å²) < 4.78 is 0. The van der Waals surface area contributed by atoms with Crippen LogP contribution < -0.4 is 5.11 Å². The van der Waals surface area contributed by atoms with E-state index in [1.807, 2.05) is 13.0 Å². The lowest BCUT2D eigenvalue weighted by Gasteiger charge is -2.25. The van der Waals surface area contributed by atoms with Crippen LogP contribution in [0, 0.1) is 6.92 Å². The largest absolute Gasteiger partial charge is 0.548 e. The van der Waals surface area contributed by atoms with Crippen LogP contribution in [0.4, 0.5) is 0 Å². The van der Waals surface area contributed by atoms with Crippen molar-refractivity contribution >= 4 is 11.9 Å². The molecule has 17 heavy (non-hydrogen) atoms. The fourth-order valence-corrected chi connectivity index (χ4v) is 2.20. The Bertz CT molecular complexity index is 456. The van der Waals surface area contributed by atoms with Gasteiger partial charge in [-0.2, -0.15) is 0 Å². The molecule has 90 valence electrons. The van der Waals surface area contributed by atoms with Crippen LogP contribution in [0.3, 0.4) is 0 Å². The molecule has 1 aliphatic heterocycles. The molecule has 1 amide bonds. The first-order chi connectivity index (χ1) is 8.09. The average molecular weight is 232 g/mol. The van der Waals surface area contributed by atoms with Crippen LogP contribution in [0.15, 0.2) is 24.3 Å². The van der Waals surface area contributed by atoms with Crippen LogP contribution in [0.2, 0.25) is 0 Å². The summed E-state index contributed by atoms with van der Waals surface area (Å²) in [5, 5.41) is 10.9. The van der Waals surface area contributed by atoms with Gasteiger partial charge < -0.3 is 14.8 Å². The van der Waals surface area contributed by atoms with E-state index in [1.54, 1.807) is 18.2 Å². The number of benzene rings is 1. The Morgan fingerprint density at radius 3 is 2.82 bits per heavy atom. The van der Waals surface area contributed by atoms with Crippen molar-refractivity contribution in [1.29, 1.82) is 0 Å². The fourth-order valence-electron chi connectivity index (χ4n) is 2.20. The summed E-state index contributed by atoms with van der Waals surface area (Å²) in [7, 11) is 0. The van der Waals surface area contributed by atoms with Crippen LogP contribution in [0.1, 0.15) is 28.8 Å². The summed E-state index contributed by atoms with van der Waals surface area (Å²) in [5.41, 5.74) is 1.53. The molecule has 1 aromatic rings. The molecule has 4 heteroatoms. The van der Waals surface area contributed by atoms with E-state index < -0.39 is 12.0 Å². The predicted octanol–water partition coefficient (Wildman–Crippen LogP) is 0.350. The quantitative estimate of drug-likeness (QED) is 0.739. The Balaban J connectivity index is 2.23. The highest BCUT2D eigenvalue weighted by molar-refractivity contribution is 5.96. The Hall–Kier alpha value is -1.84. The van der Waals surface area contributed by atoms with Crippen molar-refractivity contribution in [2.24, 2.45) is 0 Å². The molecule has 0 unspecified atom stereocenters. The SMILES string of the molecule is Cc1cccc(C(=O)N2CCC[C@@H]2C(=O)[O-])c1. The first-order valence-electron chi connectivity index (χ1n) is 5.68. The highest BCUT2D eigenvalue weighted by atomic mass is 16.4. The van der Waals surface area contributed by atoms with Gasteiger partial charge in [-0.25, -0.2) is 0 Å². The highest BCUT2D eigenvalue weighted by Gasteiger charge is 2.30. The number of carboxylic acids is 1. The van der Waals surface area contributed by atoms with Gasteiger partial charge in [-0.05, 0) is 31.9 Å². The normalized spacial score (nSPS) is 19.4. The second kappa shape index (κ2) is 4.57. The molecule has 0 radical (unpaired) electrons. The van der Waals surface area contributed by atoms with Gasteiger partial charge in [-0.3, -0.25) is 4.79 Å². The van der Waals surface area contributed by atoms with E-state index in [1.165, 1.54) is 4.90 Å². The Morgan fingerprint density at radius 2 is 2.18 bits per heavy atom. The molecular formula is C13H14NO3-. The van der Waals surface area contributed by atoms with Crippen molar-refractivity contribution in [2.45, 2.75) is 25.8 Å². The highest BCUT2D eigenvalue weighted by Crippen LogP contribution is 2.20. The fraction of sp³-hybridized carbons (Fsp3) is 0.385. The third-order valence-corrected chi connectivity index (χ3v) is 3.05. The van der Waals surface area contributed by atoms with E-state index in [9.17, 15) is 14.7 Å². The summed E-state index contributed by atoms with van der Waals surface area (Å²) in [6.07, 6.45) is 1.20. The lowest BCUT2D eigenvalue weighted by Crippen LogP contribution is -2.47. The minimum atomic E-state index is -1.16. The summed E-state index contributed by atoms with van der Waals surface area (Å²) >= 11 is 0. The van der Waals surface area contributed by atoms with Crippen LogP contribution >= 0.6 is 0 Å². The zero-order valence-electron chi connectivity index (χ0n) is 9.68. The van der Waals surface area contributed by atoms with Gasteiger partial charge in [0, 0.05) is 12.1 Å². The van der Waals surface area contributed by atoms with E-state index in [0.29, 0.717) is 18.5 Å².